The minimum atomic E-state index is -0.439. The first kappa shape index (κ1) is 16.8. The molecule has 0 radical (unpaired) electrons. The number of ether oxygens (including phenoxy) is 1. The Morgan fingerprint density at radius 1 is 1.12 bits per heavy atom. The quantitative estimate of drug-likeness (QED) is 0.716. The van der Waals surface area contributed by atoms with E-state index in [-0.39, 0.29) is 0 Å². The van der Waals surface area contributed by atoms with Crippen LogP contribution >= 0.6 is 11.6 Å². The molecule has 7 heteroatoms. The van der Waals surface area contributed by atoms with Crippen LogP contribution in [0.5, 0.6) is 0 Å². The maximum atomic E-state index is 5.99. The standard InChI is InChI=1S/C19H17ClN4O2/c20-15-8-6-14(7-9-15)18-16(19-21-12-22-23-19)10-17(26-24-18)25-11-13-4-2-1-3-5-13/h1-9,12,17,24H,10-11H2,(H,21,22,23). The number of hydrogen-bond donors (Lipinski definition) is 2. The second-order valence-electron chi connectivity index (χ2n) is 5.84. The van der Waals surface area contributed by atoms with Gasteiger partial charge in [-0.15, -0.1) is 0 Å². The number of H-pyrrole nitrogens is 1. The fraction of sp³-hybridized carbons (Fsp3) is 0.158. The second-order valence-corrected chi connectivity index (χ2v) is 6.28. The topological polar surface area (TPSA) is 72.1 Å². The van der Waals surface area contributed by atoms with Gasteiger partial charge in [0.25, 0.3) is 0 Å². The molecule has 6 nitrogen and oxygen atoms in total. The molecule has 0 bridgehead atoms. The summed E-state index contributed by atoms with van der Waals surface area (Å²) < 4.78 is 5.90. The zero-order valence-corrected chi connectivity index (χ0v) is 14.6. The fourth-order valence-corrected chi connectivity index (χ4v) is 2.89. The summed E-state index contributed by atoms with van der Waals surface area (Å²) in [7, 11) is 0. The fourth-order valence-electron chi connectivity index (χ4n) is 2.77. The lowest BCUT2D eigenvalue weighted by Gasteiger charge is -2.27. The van der Waals surface area contributed by atoms with Crippen molar-refractivity contribution in [2.45, 2.75) is 19.3 Å². The van der Waals surface area contributed by atoms with Gasteiger partial charge in [0.15, 0.2) is 12.1 Å². The van der Waals surface area contributed by atoms with Gasteiger partial charge in [0.05, 0.1) is 12.3 Å². The molecule has 0 saturated carbocycles. The number of benzene rings is 2. The highest BCUT2D eigenvalue weighted by molar-refractivity contribution is 6.30. The molecule has 3 aromatic rings. The van der Waals surface area contributed by atoms with Crippen molar-refractivity contribution in [3.63, 3.8) is 0 Å². The average molecular weight is 369 g/mol. The maximum Gasteiger partial charge on any atom is 0.188 e. The van der Waals surface area contributed by atoms with Gasteiger partial charge in [0.1, 0.15) is 6.33 Å². The first-order valence-corrected chi connectivity index (χ1v) is 8.59. The largest absolute Gasteiger partial charge is 0.345 e. The van der Waals surface area contributed by atoms with Crippen molar-refractivity contribution in [1.29, 1.82) is 0 Å². The van der Waals surface area contributed by atoms with Gasteiger partial charge in [-0.3, -0.25) is 10.6 Å². The molecular weight excluding hydrogens is 352 g/mol. The Morgan fingerprint density at radius 2 is 1.92 bits per heavy atom. The van der Waals surface area contributed by atoms with Crippen molar-refractivity contribution in [2.75, 3.05) is 0 Å². The lowest BCUT2D eigenvalue weighted by atomic mass is 10.0. The zero-order chi connectivity index (χ0) is 17.8. The number of halogens is 1. The van der Waals surface area contributed by atoms with Crippen molar-refractivity contribution in [2.24, 2.45) is 0 Å². The number of hydroxylamine groups is 1. The summed E-state index contributed by atoms with van der Waals surface area (Å²) in [6.07, 6.45) is 1.58. The van der Waals surface area contributed by atoms with E-state index in [4.69, 9.17) is 21.2 Å². The number of hydrogen-bond acceptors (Lipinski definition) is 5. The van der Waals surface area contributed by atoms with Gasteiger partial charge >= 0.3 is 0 Å². The predicted molar refractivity (Wildman–Crippen MR) is 98.5 cm³/mol. The lowest BCUT2D eigenvalue weighted by molar-refractivity contribution is -0.174. The highest BCUT2D eigenvalue weighted by Gasteiger charge is 2.26. The van der Waals surface area contributed by atoms with Gasteiger partial charge in [0, 0.05) is 22.6 Å². The summed E-state index contributed by atoms with van der Waals surface area (Å²) in [6, 6.07) is 17.5. The molecule has 1 aromatic heterocycles. The van der Waals surface area contributed by atoms with E-state index in [1.165, 1.54) is 6.33 Å². The van der Waals surface area contributed by atoms with E-state index >= 15 is 0 Å². The van der Waals surface area contributed by atoms with Crippen molar-refractivity contribution in [3.8, 4) is 0 Å². The Balaban J connectivity index is 1.56. The summed E-state index contributed by atoms with van der Waals surface area (Å²) in [5.41, 5.74) is 6.79. The normalized spacial score (nSPS) is 17.2. The first-order chi connectivity index (χ1) is 12.8. The number of nitrogens with zero attached hydrogens (tertiary/aromatic N) is 2. The summed E-state index contributed by atoms with van der Waals surface area (Å²) >= 11 is 5.99. The number of aromatic nitrogens is 3. The molecule has 2 aromatic carbocycles. The summed E-state index contributed by atoms with van der Waals surface area (Å²) in [6.45, 7) is 0.465. The van der Waals surface area contributed by atoms with E-state index in [1.54, 1.807) is 0 Å². The molecule has 132 valence electrons. The van der Waals surface area contributed by atoms with Gasteiger partial charge in [-0.2, -0.15) is 5.10 Å². The molecule has 0 saturated heterocycles. The second kappa shape index (κ2) is 7.70. The van der Waals surface area contributed by atoms with Crippen LogP contribution < -0.4 is 5.48 Å². The third kappa shape index (κ3) is 3.77. The predicted octanol–water partition coefficient (Wildman–Crippen LogP) is 3.79. The molecule has 4 rings (SSSR count). The van der Waals surface area contributed by atoms with Gasteiger partial charge < -0.3 is 4.74 Å². The van der Waals surface area contributed by atoms with Crippen LogP contribution in [-0.4, -0.2) is 21.5 Å². The van der Waals surface area contributed by atoms with Crippen LogP contribution in [-0.2, 0) is 16.2 Å². The molecule has 26 heavy (non-hydrogen) atoms. The average Bonchev–Trinajstić information content (AvgIpc) is 3.22. The van der Waals surface area contributed by atoms with Gasteiger partial charge in [-0.05, 0) is 17.7 Å². The number of rotatable bonds is 5. The molecule has 1 aliphatic heterocycles. The zero-order valence-electron chi connectivity index (χ0n) is 13.9. The van der Waals surface area contributed by atoms with Gasteiger partial charge in [0.2, 0.25) is 0 Å². The SMILES string of the molecule is Clc1ccc(C2=C(c3ncn[nH]3)CC(OCc3ccccc3)ON2)cc1. The van der Waals surface area contributed by atoms with Crippen LogP contribution in [0.3, 0.4) is 0 Å². The van der Waals surface area contributed by atoms with Crippen LogP contribution in [0.15, 0.2) is 60.9 Å². The molecule has 1 unspecified atom stereocenters. The van der Waals surface area contributed by atoms with Crippen LogP contribution in [0.1, 0.15) is 23.4 Å². The highest BCUT2D eigenvalue weighted by Crippen LogP contribution is 2.31. The monoisotopic (exact) mass is 368 g/mol. The number of aromatic amines is 1. The Hall–Kier alpha value is -2.67. The Kier molecular flexibility index (Phi) is 4.97. The maximum absolute atomic E-state index is 5.99. The summed E-state index contributed by atoms with van der Waals surface area (Å²) in [5, 5.41) is 7.55. The Morgan fingerprint density at radius 3 is 2.65 bits per heavy atom. The van der Waals surface area contributed by atoms with Gasteiger partial charge in [-0.1, -0.05) is 54.1 Å². The van der Waals surface area contributed by atoms with Gasteiger partial charge in [-0.25, -0.2) is 9.82 Å². The van der Waals surface area contributed by atoms with E-state index < -0.39 is 6.29 Å². The third-order valence-electron chi connectivity index (χ3n) is 4.08. The molecule has 0 fully saturated rings. The minimum Gasteiger partial charge on any atom is -0.345 e. The van der Waals surface area contributed by atoms with Crippen LogP contribution in [0, 0.1) is 0 Å². The molecule has 0 amide bonds. The summed E-state index contributed by atoms with van der Waals surface area (Å²) in [5.74, 6) is 0.680. The Labute approximate surface area is 155 Å². The van der Waals surface area contributed by atoms with Crippen molar-refractivity contribution in [3.05, 3.63) is 82.9 Å². The smallest absolute Gasteiger partial charge is 0.188 e. The molecule has 0 aliphatic carbocycles. The summed E-state index contributed by atoms with van der Waals surface area (Å²) in [4.78, 5) is 9.98. The van der Waals surface area contributed by atoms with E-state index in [2.05, 4.69) is 20.7 Å². The first-order valence-electron chi connectivity index (χ1n) is 8.21. The number of nitrogens with one attached hydrogen (secondary N) is 2. The molecule has 0 spiro atoms. The molecule has 2 heterocycles. The lowest BCUT2D eigenvalue weighted by Crippen LogP contribution is -2.31. The van der Waals surface area contributed by atoms with E-state index in [0.29, 0.717) is 23.9 Å². The van der Waals surface area contributed by atoms with E-state index in [1.807, 2.05) is 54.6 Å². The van der Waals surface area contributed by atoms with E-state index in [0.717, 1.165) is 22.4 Å². The van der Waals surface area contributed by atoms with Crippen LogP contribution in [0.25, 0.3) is 11.3 Å². The van der Waals surface area contributed by atoms with Crippen LogP contribution in [0.4, 0.5) is 0 Å². The molecule has 1 atom stereocenters. The van der Waals surface area contributed by atoms with E-state index in [9.17, 15) is 0 Å². The molecule has 1 aliphatic rings. The Bertz CT molecular complexity index is 880. The van der Waals surface area contributed by atoms with Crippen molar-refractivity contribution in [1.82, 2.24) is 20.7 Å². The van der Waals surface area contributed by atoms with Crippen LogP contribution in [0.2, 0.25) is 5.02 Å². The molecule has 2 N–H and O–H groups in total. The van der Waals surface area contributed by atoms with Crippen molar-refractivity contribution < 1.29 is 9.57 Å². The van der Waals surface area contributed by atoms with Crippen molar-refractivity contribution >= 4 is 22.9 Å². The minimum absolute atomic E-state index is 0.439. The third-order valence-corrected chi connectivity index (χ3v) is 4.33. The molecular formula is C19H17ClN4O2. The highest BCUT2D eigenvalue weighted by atomic mass is 35.5.